The number of fused-ring (bicyclic) bond motifs is 19. The molecule has 5 aromatic heterocycles. The van der Waals surface area contributed by atoms with E-state index in [-0.39, 0.29) is 12.0 Å². The fraction of sp³-hybridized carbons (Fsp3) is 0.127. The third kappa shape index (κ3) is 4.38. The molecule has 2 aliphatic heterocycles. The number of furan rings is 1. The van der Waals surface area contributed by atoms with E-state index in [0.29, 0.717) is 0 Å². The lowest BCUT2D eigenvalue weighted by molar-refractivity contribution is -0.727. The van der Waals surface area contributed by atoms with Crippen molar-refractivity contribution in [3.63, 3.8) is 0 Å². The largest absolute Gasteiger partial charge is 0.455 e. The van der Waals surface area contributed by atoms with Gasteiger partial charge >= 0.3 is 0 Å². The first-order valence-electron chi connectivity index (χ1n) is 20.9. The van der Waals surface area contributed by atoms with Crippen LogP contribution in [0.3, 0.4) is 0 Å². The molecule has 0 bridgehead atoms. The van der Waals surface area contributed by atoms with Crippen LogP contribution < -0.4 is 9.13 Å². The molecule has 4 heteroatoms. The highest BCUT2D eigenvalue weighted by Gasteiger charge is 2.46. The molecule has 0 saturated carbocycles. The molecule has 2 aliphatic rings. The number of para-hydroxylation sites is 1. The molecule has 11 aromatic rings. The zero-order valence-electron chi connectivity index (χ0n) is 33.4. The first-order chi connectivity index (χ1) is 28.9. The van der Waals surface area contributed by atoms with Crippen LogP contribution in [0, 0.1) is 20.8 Å². The highest BCUT2D eigenvalue weighted by Crippen LogP contribution is 2.49. The second-order valence-electron chi connectivity index (χ2n) is 17.1. The molecule has 0 aliphatic carbocycles. The molecule has 280 valence electrons. The molecule has 0 N–H and O–H groups in total. The van der Waals surface area contributed by atoms with Crippen LogP contribution in [0.25, 0.3) is 99.4 Å². The smallest absolute Gasteiger partial charge is 0.249 e. The summed E-state index contributed by atoms with van der Waals surface area (Å²) in [6.45, 7) is 11.6. The van der Waals surface area contributed by atoms with Gasteiger partial charge in [0.15, 0.2) is 12.4 Å². The van der Waals surface area contributed by atoms with E-state index >= 15 is 0 Å². The standard InChI is InChI=1S/C55H41N3O/c1-31-25-32(2)51(33(3)26-31)36-27-44-43-30-42-35(29-49(43)58-48-22-21-41-39-15-7-8-18-50(39)59-55(41)52(48)45(28-36)54(44)58)19-20-40-37-13-5-6-14-38(37)46-16-10-12-24-57(46)53(40)34(4)56-23-11-9-17-47(42)56/h5-18,21-30,40,53H,4,19-20H2,1-3H3/q+2. The van der Waals surface area contributed by atoms with Crippen LogP contribution in [0.2, 0.25) is 0 Å². The minimum atomic E-state index is 0.0666. The van der Waals surface area contributed by atoms with Crippen molar-refractivity contribution in [1.29, 1.82) is 0 Å². The molecule has 13 rings (SSSR count). The molecule has 59 heavy (non-hydrogen) atoms. The normalized spacial score (nSPS) is 16.3. The molecule has 0 fully saturated rings. The molecular weight excluding hydrogens is 719 g/mol. The van der Waals surface area contributed by atoms with Crippen molar-refractivity contribution in [3.05, 3.63) is 180 Å². The third-order valence-electron chi connectivity index (χ3n) is 13.8. The summed E-state index contributed by atoms with van der Waals surface area (Å²) in [5.74, 6) is 0.250. The van der Waals surface area contributed by atoms with Crippen LogP contribution in [-0.4, -0.2) is 4.40 Å². The van der Waals surface area contributed by atoms with Crippen LogP contribution in [-0.2, 0) is 6.42 Å². The summed E-state index contributed by atoms with van der Waals surface area (Å²) in [7, 11) is 0. The molecular formula is C55H41N3O+2. The lowest BCUT2D eigenvalue weighted by Gasteiger charge is -2.29. The number of aromatic nitrogens is 3. The van der Waals surface area contributed by atoms with Gasteiger partial charge in [-0.2, -0.15) is 9.13 Å². The maximum absolute atomic E-state index is 6.81. The Morgan fingerprint density at radius 3 is 2.29 bits per heavy atom. The number of pyridine rings is 2. The zero-order valence-corrected chi connectivity index (χ0v) is 33.4. The van der Waals surface area contributed by atoms with Crippen LogP contribution in [0.15, 0.2) is 157 Å². The van der Waals surface area contributed by atoms with Crippen LogP contribution >= 0.6 is 0 Å². The van der Waals surface area contributed by atoms with E-state index in [1.54, 1.807) is 0 Å². The van der Waals surface area contributed by atoms with E-state index in [1.807, 2.05) is 0 Å². The molecule has 2 unspecified atom stereocenters. The zero-order chi connectivity index (χ0) is 39.3. The van der Waals surface area contributed by atoms with Crippen LogP contribution in [0.1, 0.15) is 46.2 Å². The van der Waals surface area contributed by atoms with E-state index in [9.17, 15) is 0 Å². The Morgan fingerprint density at radius 1 is 0.644 bits per heavy atom. The summed E-state index contributed by atoms with van der Waals surface area (Å²) in [5.41, 5.74) is 20.9. The Morgan fingerprint density at radius 2 is 1.41 bits per heavy atom. The molecule has 0 radical (unpaired) electrons. The monoisotopic (exact) mass is 759 g/mol. The highest BCUT2D eigenvalue weighted by molar-refractivity contribution is 6.30. The average molecular weight is 760 g/mol. The van der Waals surface area contributed by atoms with Gasteiger partial charge in [0.05, 0.1) is 33.4 Å². The number of hydrogen-bond donors (Lipinski definition) is 0. The highest BCUT2D eigenvalue weighted by atomic mass is 16.3. The van der Waals surface area contributed by atoms with E-state index in [4.69, 9.17) is 11.0 Å². The number of nitrogens with zero attached hydrogens (tertiary/aromatic N) is 3. The van der Waals surface area contributed by atoms with Gasteiger partial charge in [-0.3, -0.25) is 0 Å². The number of hydrogen-bond acceptors (Lipinski definition) is 1. The average Bonchev–Trinajstić information content (AvgIpc) is 3.91. The van der Waals surface area contributed by atoms with Crippen molar-refractivity contribution in [2.45, 2.75) is 45.6 Å². The van der Waals surface area contributed by atoms with Crippen molar-refractivity contribution < 1.29 is 13.6 Å². The molecule has 0 saturated heterocycles. The van der Waals surface area contributed by atoms with Crippen molar-refractivity contribution in [2.75, 3.05) is 0 Å². The quantitative estimate of drug-likeness (QED) is 0.153. The Hall–Kier alpha value is -7.04. The molecule has 2 atom stereocenters. The SMILES string of the molecule is C=C1C2C(CCc3cc4c(cc3-c3cccc[n+]31)c1cc(-c3c(C)cc(C)cc3C)cc3c5c6oc7ccccc7c6ccc5n4c13)c1ccccc1-c1cccc[n+]12. The van der Waals surface area contributed by atoms with Crippen molar-refractivity contribution in [1.82, 2.24) is 4.40 Å². The predicted molar refractivity (Wildman–Crippen MR) is 241 cm³/mol. The molecule has 4 nitrogen and oxygen atoms in total. The van der Waals surface area contributed by atoms with Gasteiger partial charge < -0.3 is 8.82 Å². The number of allylic oxidation sites excluding steroid dienone is 1. The van der Waals surface area contributed by atoms with E-state index in [1.165, 1.54) is 99.6 Å². The van der Waals surface area contributed by atoms with E-state index in [0.717, 1.165) is 40.5 Å². The molecule has 6 aromatic carbocycles. The number of aryl methyl sites for hydroxylation is 4. The van der Waals surface area contributed by atoms with Crippen molar-refractivity contribution in [3.8, 4) is 33.6 Å². The first kappa shape index (κ1) is 33.0. The van der Waals surface area contributed by atoms with Gasteiger partial charge in [-0.05, 0) is 134 Å². The van der Waals surface area contributed by atoms with Gasteiger partial charge in [0, 0.05) is 56.8 Å². The molecule has 7 heterocycles. The maximum atomic E-state index is 6.81. The summed E-state index contributed by atoms with van der Waals surface area (Å²) in [5, 5.41) is 7.27. The minimum Gasteiger partial charge on any atom is -0.455 e. The second-order valence-corrected chi connectivity index (χ2v) is 17.1. The van der Waals surface area contributed by atoms with Crippen molar-refractivity contribution in [2.24, 2.45) is 0 Å². The fourth-order valence-corrected chi connectivity index (χ4v) is 11.5. The fourth-order valence-electron chi connectivity index (χ4n) is 11.5. The number of benzene rings is 6. The Bertz CT molecular complexity index is 3610. The first-order valence-corrected chi connectivity index (χ1v) is 20.9. The number of rotatable bonds is 1. The summed E-state index contributed by atoms with van der Waals surface area (Å²) >= 11 is 0. The summed E-state index contributed by atoms with van der Waals surface area (Å²) in [4.78, 5) is 0. The summed E-state index contributed by atoms with van der Waals surface area (Å²) < 4.78 is 14.2. The Labute approximate surface area is 341 Å². The summed E-state index contributed by atoms with van der Waals surface area (Å²) in [6, 6.07) is 49.9. The second kappa shape index (κ2) is 11.8. The van der Waals surface area contributed by atoms with Crippen LogP contribution in [0.5, 0.6) is 0 Å². The van der Waals surface area contributed by atoms with Crippen LogP contribution in [0.4, 0.5) is 0 Å². The van der Waals surface area contributed by atoms with Gasteiger partial charge in [-0.25, -0.2) is 0 Å². The van der Waals surface area contributed by atoms with Gasteiger partial charge in [0.1, 0.15) is 11.2 Å². The minimum absolute atomic E-state index is 0.0666. The Balaban J connectivity index is 1.14. The third-order valence-corrected chi connectivity index (χ3v) is 13.8. The predicted octanol–water partition coefficient (Wildman–Crippen LogP) is 13.0. The van der Waals surface area contributed by atoms with Gasteiger partial charge in [0.25, 0.3) is 0 Å². The maximum Gasteiger partial charge on any atom is 0.249 e. The summed E-state index contributed by atoms with van der Waals surface area (Å²) in [6.07, 6.45) is 6.40. The molecule has 0 amide bonds. The lowest BCUT2D eigenvalue weighted by Crippen LogP contribution is -2.53. The Kier molecular flexibility index (Phi) is 6.58. The van der Waals surface area contributed by atoms with Crippen molar-refractivity contribution >= 4 is 65.7 Å². The van der Waals surface area contributed by atoms with Gasteiger partial charge in [0.2, 0.25) is 23.1 Å². The van der Waals surface area contributed by atoms with E-state index < -0.39 is 0 Å². The lowest BCUT2D eigenvalue weighted by atomic mass is 9.78. The van der Waals surface area contributed by atoms with Gasteiger partial charge in [-0.1, -0.05) is 54.1 Å². The van der Waals surface area contributed by atoms with E-state index in [2.05, 4.69) is 180 Å². The molecule has 0 spiro atoms. The van der Waals surface area contributed by atoms with Gasteiger partial charge in [-0.15, -0.1) is 0 Å². The topological polar surface area (TPSA) is 25.3 Å².